The minimum absolute atomic E-state index is 0.0154. The van der Waals surface area contributed by atoms with Crippen molar-refractivity contribution in [3.63, 3.8) is 0 Å². The average molecular weight is 286 g/mol. The van der Waals surface area contributed by atoms with E-state index in [0.717, 1.165) is 25.7 Å². The summed E-state index contributed by atoms with van der Waals surface area (Å²) >= 11 is 5.84. The summed E-state index contributed by atoms with van der Waals surface area (Å²) in [5.74, 6) is 0.472. The normalized spacial score (nSPS) is 15.7. The van der Waals surface area contributed by atoms with Crippen LogP contribution in [0.15, 0.2) is 12.1 Å². The zero-order valence-corrected chi connectivity index (χ0v) is 11.2. The number of aliphatic hydroxyl groups excluding tert-OH is 1. The zero-order valence-electron chi connectivity index (χ0n) is 10.5. The fourth-order valence-electron chi connectivity index (χ4n) is 2.53. The zero-order chi connectivity index (χ0) is 13.8. The molecule has 1 saturated carbocycles. The van der Waals surface area contributed by atoms with E-state index < -0.39 is 4.92 Å². The molecule has 0 bridgehead atoms. The van der Waals surface area contributed by atoms with Crippen LogP contribution < -0.4 is 4.90 Å². The maximum absolute atomic E-state index is 10.9. The Hall–Kier alpha value is -1.40. The molecular weight excluding hydrogens is 270 g/mol. The first-order chi connectivity index (χ1) is 9.11. The molecule has 1 N–H and O–H groups in total. The van der Waals surface area contributed by atoms with Gasteiger partial charge in [-0.2, -0.15) is 0 Å². The van der Waals surface area contributed by atoms with Crippen LogP contribution in [0.2, 0.25) is 5.15 Å². The van der Waals surface area contributed by atoms with Gasteiger partial charge in [-0.25, -0.2) is 4.98 Å². The molecule has 7 heteroatoms. The molecule has 19 heavy (non-hydrogen) atoms. The van der Waals surface area contributed by atoms with Gasteiger partial charge in [-0.05, 0) is 12.8 Å². The fraction of sp³-hybridized carbons (Fsp3) is 0.583. The van der Waals surface area contributed by atoms with Gasteiger partial charge >= 0.3 is 0 Å². The van der Waals surface area contributed by atoms with Crippen LogP contribution in [0.1, 0.15) is 25.7 Å². The van der Waals surface area contributed by atoms with Gasteiger partial charge in [0.1, 0.15) is 11.0 Å². The van der Waals surface area contributed by atoms with Crippen LogP contribution in [0, 0.1) is 10.1 Å². The summed E-state index contributed by atoms with van der Waals surface area (Å²) in [4.78, 5) is 16.5. The van der Waals surface area contributed by atoms with Crippen molar-refractivity contribution in [2.24, 2.45) is 0 Å². The minimum Gasteiger partial charge on any atom is -0.395 e. The van der Waals surface area contributed by atoms with Gasteiger partial charge in [0.25, 0.3) is 5.69 Å². The Labute approximate surface area is 116 Å². The van der Waals surface area contributed by atoms with E-state index in [1.165, 1.54) is 12.1 Å². The summed E-state index contributed by atoms with van der Waals surface area (Å²) in [6.07, 6.45) is 4.30. The maximum atomic E-state index is 10.9. The van der Waals surface area contributed by atoms with Crippen LogP contribution in [-0.2, 0) is 0 Å². The molecule has 0 unspecified atom stereocenters. The van der Waals surface area contributed by atoms with Crippen LogP contribution in [0.4, 0.5) is 11.5 Å². The lowest BCUT2D eigenvalue weighted by molar-refractivity contribution is -0.384. The number of hydrogen-bond acceptors (Lipinski definition) is 5. The Balaban J connectivity index is 2.32. The summed E-state index contributed by atoms with van der Waals surface area (Å²) in [5, 5.41) is 20.1. The Morgan fingerprint density at radius 2 is 2.16 bits per heavy atom. The number of rotatable bonds is 5. The number of pyridine rings is 1. The quantitative estimate of drug-likeness (QED) is 0.510. The van der Waals surface area contributed by atoms with Crippen molar-refractivity contribution < 1.29 is 10.0 Å². The van der Waals surface area contributed by atoms with Gasteiger partial charge in [-0.15, -0.1) is 0 Å². The largest absolute Gasteiger partial charge is 0.395 e. The predicted molar refractivity (Wildman–Crippen MR) is 72.6 cm³/mol. The Morgan fingerprint density at radius 3 is 2.74 bits per heavy atom. The molecule has 1 aromatic heterocycles. The van der Waals surface area contributed by atoms with E-state index in [-0.39, 0.29) is 23.5 Å². The predicted octanol–water partition coefficient (Wildman–Crippen LogP) is 2.38. The van der Waals surface area contributed by atoms with Gasteiger partial charge in [0.15, 0.2) is 0 Å². The lowest BCUT2D eigenvalue weighted by Crippen LogP contribution is -2.36. The van der Waals surface area contributed by atoms with Crippen LogP contribution >= 0.6 is 11.6 Å². The number of halogens is 1. The van der Waals surface area contributed by atoms with Gasteiger partial charge < -0.3 is 10.0 Å². The third-order valence-corrected chi connectivity index (χ3v) is 3.57. The first-order valence-electron chi connectivity index (χ1n) is 6.31. The molecule has 1 aromatic rings. The van der Waals surface area contributed by atoms with Crippen LogP contribution in [0.5, 0.6) is 0 Å². The number of nitrogens with zero attached hydrogens (tertiary/aromatic N) is 3. The van der Waals surface area contributed by atoms with E-state index in [0.29, 0.717) is 12.4 Å². The van der Waals surface area contributed by atoms with Crippen molar-refractivity contribution in [2.45, 2.75) is 31.7 Å². The first kappa shape index (κ1) is 14.0. The summed E-state index contributed by atoms with van der Waals surface area (Å²) in [6.45, 7) is 0.396. The molecule has 6 nitrogen and oxygen atoms in total. The molecule has 0 aliphatic heterocycles. The first-order valence-corrected chi connectivity index (χ1v) is 6.69. The van der Waals surface area contributed by atoms with Crippen molar-refractivity contribution in [3.05, 3.63) is 27.4 Å². The summed E-state index contributed by atoms with van der Waals surface area (Å²) in [7, 11) is 0. The van der Waals surface area contributed by atoms with Gasteiger partial charge in [-0.3, -0.25) is 10.1 Å². The Bertz CT molecular complexity index is 464. The van der Waals surface area contributed by atoms with E-state index in [1.54, 1.807) is 0 Å². The third-order valence-electron chi connectivity index (χ3n) is 3.38. The van der Waals surface area contributed by atoms with Crippen molar-refractivity contribution in [2.75, 3.05) is 18.1 Å². The molecule has 0 aromatic carbocycles. The van der Waals surface area contributed by atoms with Crippen molar-refractivity contribution in [1.29, 1.82) is 0 Å². The molecule has 2 rings (SSSR count). The molecule has 0 spiro atoms. The van der Waals surface area contributed by atoms with E-state index in [9.17, 15) is 10.1 Å². The second-order valence-electron chi connectivity index (χ2n) is 4.62. The number of hydrogen-bond donors (Lipinski definition) is 1. The lowest BCUT2D eigenvalue weighted by atomic mass is 10.2. The molecule has 0 amide bonds. The van der Waals surface area contributed by atoms with Gasteiger partial charge in [0, 0.05) is 12.6 Å². The lowest BCUT2D eigenvalue weighted by Gasteiger charge is -2.29. The second kappa shape index (κ2) is 6.16. The van der Waals surface area contributed by atoms with Crippen LogP contribution in [0.3, 0.4) is 0 Å². The average Bonchev–Trinajstić information content (AvgIpc) is 2.88. The molecular formula is C12H16ClN3O3. The highest BCUT2D eigenvalue weighted by atomic mass is 35.5. The van der Waals surface area contributed by atoms with Gasteiger partial charge in [0.05, 0.1) is 23.7 Å². The van der Waals surface area contributed by atoms with E-state index in [4.69, 9.17) is 16.7 Å². The number of aromatic nitrogens is 1. The second-order valence-corrected chi connectivity index (χ2v) is 5.01. The highest BCUT2D eigenvalue weighted by Gasteiger charge is 2.25. The topological polar surface area (TPSA) is 79.5 Å². The number of anilines is 1. The van der Waals surface area contributed by atoms with E-state index in [1.807, 2.05) is 4.90 Å². The highest BCUT2D eigenvalue weighted by Crippen LogP contribution is 2.30. The fourth-order valence-corrected chi connectivity index (χ4v) is 2.73. The summed E-state index contributed by atoms with van der Waals surface area (Å²) in [5.41, 5.74) is -0.0732. The number of aliphatic hydroxyl groups is 1. The summed E-state index contributed by atoms with van der Waals surface area (Å²) < 4.78 is 0. The van der Waals surface area contributed by atoms with Crippen LogP contribution in [0.25, 0.3) is 0 Å². The Kier molecular flexibility index (Phi) is 4.55. The third kappa shape index (κ3) is 3.33. The number of nitro groups is 1. The molecule has 1 aliphatic rings. The monoisotopic (exact) mass is 285 g/mol. The standard InChI is InChI=1S/C12H16ClN3O3/c13-11-7-10(16(18)19)8-12(14-11)15(5-6-17)9-3-1-2-4-9/h7-9,17H,1-6H2. The van der Waals surface area contributed by atoms with Crippen molar-refractivity contribution in [1.82, 2.24) is 4.98 Å². The van der Waals surface area contributed by atoms with E-state index in [2.05, 4.69) is 4.98 Å². The highest BCUT2D eigenvalue weighted by molar-refractivity contribution is 6.29. The molecule has 0 saturated heterocycles. The van der Waals surface area contributed by atoms with E-state index >= 15 is 0 Å². The van der Waals surface area contributed by atoms with Gasteiger partial charge in [-0.1, -0.05) is 24.4 Å². The van der Waals surface area contributed by atoms with Crippen molar-refractivity contribution in [3.8, 4) is 0 Å². The SMILES string of the molecule is O=[N+]([O-])c1cc(Cl)nc(N(CCO)C2CCCC2)c1. The Morgan fingerprint density at radius 1 is 1.47 bits per heavy atom. The smallest absolute Gasteiger partial charge is 0.276 e. The minimum atomic E-state index is -0.483. The molecule has 104 valence electrons. The molecule has 0 radical (unpaired) electrons. The van der Waals surface area contributed by atoms with Crippen LogP contribution in [-0.4, -0.2) is 34.2 Å². The summed E-state index contributed by atoms with van der Waals surface area (Å²) in [6, 6.07) is 2.93. The molecule has 1 aliphatic carbocycles. The molecule has 0 atom stereocenters. The van der Waals surface area contributed by atoms with Crippen molar-refractivity contribution >= 4 is 23.1 Å². The molecule has 1 fully saturated rings. The maximum Gasteiger partial charge on any atom is 0.276 e. The molecule has 1 heterocycles. The van der Waals surface area contributed by atoms with Gasteiger partial charge in [0.2, 0.25) is 0 Å².